The topological polar surface area (TPSA) is 92.9 Å². The van der Waals surface area contributed by atoms with E-state index in [9.17, 15) is 9.59 Å². The van der Waals surface area contributed by atoms with Crippen molar-refractivity contribution in [3.05, 3.63) is 24.3 Å². The number of primary amides is 1. The molecule has 6 heteroatoms. The highest BCUT2D eigenvalue weighted by Crippen LogP contribution is 2.20. The van der Waals surface area contributed by atoms with Crippen LogP contribution in [0.4, 0.5) is 10.5 Å². The second-order valence-electron chi connectivity index (χ2n) is 3.09. The number of carbonyl (C=O) groups excluding carboxylic acids is 1. The van der Waals surface area contributed by atoms with Crippen LogP contribution in [-0.2, 0) is 4.79 Å². The number of amides is 2. The zero-order valence-electron chi connectivity index (χ0n) is 8.71. The van der Waals surface area contributed by atoms with Gasteiger partial charge in [-0.25, -0.2) is 4.79 Å². The Kier molecular flexibility index (Phi) is 3.71. The summed E-state index contributed by atoms with van der Waals surface area (Å²) >= 11 is 0. The fourth-order valence-corrected chi connectivity index (χ4v) is 1.05. The molecule has 1 aromatic carbocycles. The van der Waals surface area contributed by atoms with Gasteiger partial charge in [-0.3, -0.25) is 9.69 Å². The van der Waals surface area contributed by atoms with E-state index in [0.717, 1.165) is 4.90 Å². The highest BCUT2D eigenvalue weighted by molar-refractivity contribution is 5.85. The molecule has 3 N–H and O–H groups in total. The molecule has 0 aromatic heterocycles. The van der Waals surface area contributed by atoms with Gasteiger partial charge < -0.3 is 15.6 Å². The molecule has 0 radical (unpaired) electrons. The van der Waals surface area contributed by atoms with E-state index < -0.39 is 12.0 Å². The van der Waals surface area contributed by atoms with Crippen LogP contribution in [0.25, 0.3) is 0 Å². The number of ether oxygens (including phenoxy) is 1. The van der Waals surface area contributed by atoms with Crippen molar-refractivity contribution in [2.24, 2.45) is 5.73 Å². The SMILES string of the molecule is CN(C(=O)O)c1cccc(OCC(N)=O)c1. The first kappa shape index (κ1) is 11.8. The molecule has 1 aromatic rings. The second kappa shape index (κ2) is 5.01. The van der Waals surface area contributed by atoms with Crippen molar-refractivity contribution >= 4 is 17.7 Å². The molecule has 0 aliphatic carbocycles. The average Bonchev–Trinajstić information content (AvgIpc) is 2.25. The molecule has 0 aliphatic heterocycles. The summed E-state index contributed by atoms with van der Waals surface area (Å²) in [6, 6.07) is 6.37. The first-order chi connectivity index (χ1) is 7.50. The Bertz CT molecular complexity index is 406. The van der Waals surface area contributed by atoms with Crippen molar-refractivity contribution in [1.82, 2.24) is 0 Å². The number of rotatable bonds is 4. The lowest BCUT2D eigenvalue weighted by Crippen LogP contribution is -2.24. The molecular formula is C10H12N2O4. The number of carbonyl (C=O) groups is 2. The molecule has 16 heavy (non-hydrogen) atoms. The first-order valence-corrected chi connectivity index (χ1v) is 4.48. The molecule has 0 aliphatic rings. The fourth-order valence-electron chi connectivity index (χ4n) is 1.05. The van der Waals surface area contributed by atoms with Crippen molar-refractivity contribution in [2.75, 3.05) is 18.6 Å². The minimum atomic E-state index is -1.08. The van der Waals surface area contributed by atoms with E-state index in [1.807, 2.05) is 0 Å². The summed E-state index contributed by atoms with van der Waals surface area (Å²) in [5.41, 5.74) is 5.37. The number of hydrogen-bond acceptors (Lipinski definition) is 3. The van der Waals surface area contributed by atoms with Gasteiger partial charge in [-0.15, -0.1) is 0 Å². The van der Waals surface area contributed by atoms with Crippen LogP contribution in [0.15, 0.2) is 24.3 Å². The molecule has 0 spiro atoms. The molecule has 1 rings (SSSR count). The molecule has 0 fully saturated rings. The Hall–Kier alpha value is -2.24. The number of benzene rings is 1. The number of hydrogen-bond donors (Lipinski definition) is 2. The predicted molar refractivity (Wildman–Crippen MR) is 57.6 cm³/mol. The Balaban J connectivity index is 2.78. The molecule has 0 heterocycles. The van der Waals surface area contributed by atoms with Gasteiger partial charge in [0.1, 0.15) is 5.75 Å². The molecule has 0 unspecified atom stereocenters. The number of anilines is 1. The van der Waals surface area contributed by atoms with Crippen LogP contribution < -0.4 is 15.4 Å². The third-order valence-electron chi connectivity index (χ3n) is 1.87. The van der Waals surface area contributed by atoms with Crippen LogP contribution in [0.2, 0.25) is 0 Å². The molecule has 0 atom stereocenters. The number of nitrogens with zero attached hydrogens (tertiary/aromatic N) is 1. The van der Waals surface area contributed by atoms with Crippen LogP contribution in [0, 0.1) is 0 Å². The summed E-state index contributed by atoms with van der Waals surface area (Å²) in [7, 11) is 1.41. The summed E-state index contributed by atoms with van der Waals surface area (Å²) < 4.78 is 5.04. The Morgan fingerprint density at radius 1 is 1.50 bits per heavy atom. The first-order valence-electron chi connectivity index (χ1n) is 4.48. The summed E-state index contributed by atoms with van der Waals surface area (Å²) in [6.07, 6.45) is -1.08. The molecule has 2 amide bonds. The van der Waals surface area contributed by atoms with Crippen LogP contribution in [-0.4, -0.2) is 30.8 Å². The Morgan fingerprint density at radius 2 is 2.19 bits per heavy atom. The van der Waals surface area contributed by atoms with Gasteiger partial charge in [0.2, 0.25) is 0 Å². The zero-order chi connectivity index (χ0) is 12.1. The van der Waals surface area contributed by atoms with Gasteiger partial charge in [-0.2, -0.15) is 0 Å². The van der Waals surface area contributed by atoms with Gasteiger partial charge >= 0.3 is 6.09 Å². The lowest BCUT2D eigenvalue weighted by atomic mass is 10.3. The van der Waals surface area contributed by atoms with E-state index in [-0.39, 0.29) is 6.61 Å². The van der Waals surface area contributed by atoms with Crippen molar-refractivity contribution in [2.45, 2.75) is 0 Å². The molecule has 6 nitrogen and oxygen atoms in total. The Labute approximate surface area is 92.2 Å². The highest BCUT2D eigenvalue weighted by Gasteiger charge is 2.08. The van der Waals surface area contributed by atoms with E-state index in [1.54, 1.807) is 18.2 Å². The van der Waals surface area contributed by atoms with E-state index in [1.165, 1.54) is 13.1 Å². The molecule has 0 bridgehead atoms. The maximum absolute atomic E-state index is 10.7. The zero-order valence-corrected chi connectivity index (χ0v) is 8.71. The van der Waals surface area contributed by atoms with E-state index in [2.05, 4.69) is 0 Å². The minimum absolute atomic E-state index is 0.236. The van der Waals surface area contributed by atoms with Crippen molar-refractivity contribution < 1.29 is 19.4 Å². The maximum Gasteiger partial charge on any atom is 0.411 e. The predicted octanol–water partition coefficient (Wildman–Crippen LogP) is 0.665. The summed E-state index contributed by atoms with van der Waals surface area (Å²) in [5, 5.41) is 8.76. The average molecular weight is 224 g/mol. The smallest absolute Gasteiger partial charge is 0.411 e. The third kappa shape index (κ3) is 3.16. The van der Waals surface area contributed by atoms with Gasteiger partial charge in [0.15, 0.2) is 6.61 Å². The standard InChI is InChI=1S/C10H12N2O4/c1-12(10(14)15)7-3-2-4-8(5-7)16-6-9(11)13/h2-5H,6H2,1H3,(H2,11,13)(H,14,15). The fraction of sp³-hybridized carbons (Fsp3) is 0.200. The quantitative estimate of drug-likeness (QED) is 0.785. The monoisotopic (exact) mass is 224 g/mol. The normalized spacial score (nSPS) is 9.56. The van der Waals surface area contributed by atoms with E-state index in [4.69, 9.17) is 15.6 Å². The maximum atomic E-state index is 10.7. The summed E-state index contributed by atoms with van der Waals surface area (Å²) in [6.45, 7) is -0.236. The largest absolute Gasteiger partial charge is 0.484 e. The van der Waals surface area contributed by atoms with Gasteiger partial charge in [-0.1, -0.05) is 6.07 Å². The molecule has 86 valence electrons. The molecule has 0 saturated heterocycles. The van der Waals surface area contributed by atoms with Crippen LogP contribution in [0.1, 0.15) is 0 Å². The highest BCUT2D eigenvalue weighted by atomic mass is 16.5. The van der Waals surface area contributed by atoms with Crippen LogP contribution in [0.5, 0.6) is 5.75 Å². The summed E-state index contributed by atoms with van der Waals surface area (Å²) in [5.74, 6) is -0.193. The van der Waals surface area contributed by atoms with Crippen molar-refractivity contribution in [3.63, 3.8) is 0 Å². The number of carboxylic acid groups (broad SMARTS) is 1. The van der Waals surface area contributed by atoms with Gasteiger partial charge in [0.25, 0.3) is 5.91 Å². The lowest BCUT2D eigenvalue weighted by molar-refractivity contribution is -0.119. The van der Waals surface area contributed by atoms with Gasteiger partial charge in [-0.05, 0) is 12.1 Å². The van der Waals surface area contributed by atoms with Gasteiger partial charge in [0, 0.05) is 13.1 Å². The van der Waals surface area contributed by atoms with Gasteiger partial charge in [0.05, 0.1) is 5.69 Å². The minimum Gasteiger partial charge on any atom is -0.484 e. The number of nitrogens with two attached hydrogens (primary N) is 1. The second-order valence-corrected chi connectivity index (χ2v) is 3.09. The van der Waals surface area contributed by atoms with Crippen LogP contribution >= 0.6 is 0 Å². The third-order valence-corrected chi connectivity index (χ3v) is 1.87. The summed E-state index contributed by atoms with van der Waals surface area (Å²) in [4.78, 5) is 22.2. The Morgan fingerprint density at radius 3 is 2.75 bits per heavy atom. The molecular weight excluding hydrogens is 212 g/mol. The van der Waals surface area contributed by atoms with Crippen molar-refractivity contribution in [3.8, 4) is 5.75 Å². The molecule has 0 saturated carbocycles. The van der Waals surface area contributed by atoms with E-state index in [0.29, 0.717) is 11.4 Å². The van der Waals surface area contributed by atoms with E-state index >= 15 is 0 Å². The van der Waals surface area contributed by atoms with Crippen LogP contribution in [0.3, 0.4) is 0 Å². The van der Waals surface area contributed by atoms with Crippen molar-refractivity contribution in [1.29, 1.82) is 0 Å². The lowest BCUT2D eigenvalue weighted by Gasteiger charge is -2.14.